The molecule has 0 aliphatic heterocycles. The molecule has 188 valence electrons. The summed E-state index contributed by atoms with van der Waals surface area (Å²) in [6, 6.07) is 19.0. The van der Waals surface area contributed by atoms with Gasteiger partial charge in [-0.3, -0.25) is 0 Å². The van der Waals surface area contributed by atoms with Gasteiger partial charge in [-0.2, -0.15) is 10.1 Å². The molecule has 2 N–H and O–H groups in total. The van der Waals surface area contributed by atoms with Gasteiger partial charge in [0.25, 0.3) is 0 Å². The van der Waals surface area contributed by atoms with Crippen LogP contribution in [-0.4, -0.2) is 46.4 Å². The molecule has 1 aliphatic carbocycles. The second kappa shape index (κ2) is 10.7. The zero-order chi connectivity index (χ0) is 25.1. The summed E-state index contributed by atoms with van der Waals surface area (Å²) in [6.45, 7) is 6.18. The number of fused-ring (bicyclic) bond motifs is 1. The van der Waals surface area contributed by atoms with Crippen LogP contribution in [0.1, 0.15) is 42.6 Å². The Morgan fingerprint density at radius 2 is 1.64 bits per heavy atom. The summed E-state index contributed by atoms with van der Waals surface area (Å²) in [5.74, 6) is 2.39. The summed E-state index contributed by atoms with van der Waals surface area (Å²) >= 11 is 0. The summed E-state index contributed by atoms with van der Waals surface area (Å²) in [5.41, 5.74) is 5.72. The lowest BCUT2D eigenvalue weighted by molar-refractivity contribution is 0.323. The van der Waals surface area contributed by atoms with Crippen molar-refractivity contribution >= 4 is 22.7 Å². The second-order valence-corrected chi connectivity index (χ2v) is 10.2. The van der Waals surface area contributed by atoms with Gasteiger partial charge in [0, 0.05) is 43.3 Å². The van der Waals surface area contributed by atoms with E-state index in [9.17, 15) is 0 Å². The van der Waals surface area contributed by atoms with Crippen molar-refractivity contribution in [3.8, 4) is 5.69 Å². The van der Waals surface area contributed by atoms with E-state index >= 15 is 0 Å². The van der Waals surface area contributed by atoms with Gasteiger partial charge in [0.2, 0.25) is 5.95 Å². The molecular formula is C29H37N7. The maximum absolute atomic E-state index is 4.82. The SMILES string of the molecule is Cc1nn(-c2ccccc2)c(C)c1CNCC1CCC(Nc2nc(N(C)C)c3ccccc3n2)CC1. The molecule has 1 fully saturated rings. The lowest BCUT2D eigenvalue weighted by atomic mass is 9.86. The van der Waals surface area contributed by atoms with Crippen molar-refractivity contribution in [2.45, 2.75) is 52.1 Å². The first-order valence-corrected chi connectivity index (χ1v) is 13.0. The Hall–Kier alpha value is -3.45. The number of aryl methyl sites for hydroxylation is 1. The monoisotopic (exact) mass is 483 g/mol. The van der Waals surface area contributed by atoms with Crippen molar-refractivity contribution in [1.29, 1.82) is 0 Å². The van der Waals surface area contributed by atoms with Gasteiger partial charge in [-0.15, -0.1) is 0 Å². The van der Waals surface area contributed by atoms with Gasteiger partial charge in [-0.1, -0.05) is 30.3 Å². The van der Waals surface area contributed by atoms with Crippen LogP contribution in [0.3, 0.4) is 0 Å². The second-order valence-electron chi connectivity index (χ2n) is 10.2. The maximum atomic E-state index is 4.82. The minimum Gasteiger partial charge on any atom is -0.362 e. The predicted octanol–water partition coefficient (Wildman–Crippen LogP) is 5.26. The standard InChI is InChI=1S/C29H37N7/c1-20-26(21(2)36(34-20)24-10-6-5-7-11-24)19-30-18-22-14-16-23(17-15-22)31-29-32-27-13-9-8-12-25(27)28(33-29)35(3)4/h5-13,22-23,30H,14-19H2,1-4H3,(H,31,32,33). The minimum atomic E-state index is 0.422. The molecule has 2 aromatic heterocycles. The average Bonchev–Trinajstić information content (AvgIpc) is 3.18. The number of hydrogen-bond donors (Lipinski definition) is 2. The molecule has 5 rings (SSSR count). The fourth-order valence-corrected chi connectivity index (χ4v) is 5.31. The molecule has 7 nitrogen and oxygen atoms in total. The van der Waals surface area contributed by atoms with Crippen molar-refractivity contribution in [3.05, 3.63) is 71.5 Å². The molecule has 0 saturated heterocycles. The van der Waals surface area contributed by atoms with E-state index in [0.717, 1.165) is 60.0 Å². The number of rotatable bonds is 8. The van der Waals surface area contributed by atoms with Crippen LogP contribution in [0.4, 0.5) is 11.8 Å². The van der Waals surface area contributed by atoms with Crippen molar-refractivity contribution in [2.75, 3.05) is 30.9 Å². The number of hydrogen-bond acceptors (Lipinski definition) is 6. The molecule has 0 unspecified atom stereocenters. The molecule has 0 spiro atoms. The van der Waals surface area contributed by atoms with E-state index in [1.807, 2.05) is 32.3 Å². The molecule has 0 bridgehead atoms. The van der Waals surface area contributed by atoms with Gasteiger partial charge in [0.15, 0.2) is 0 Å². The molecule has 0 amide bonds. The number of aromatic nitrogens is 4. The first-order chi connectivity index (χ1) is 17.5. The lowest BCUT2D eigenvalue weighted by Crippen LogP contribution is -2.31. The molecule has 1 aliphatic rings. The van der Waals surface area contributed by atoms with E-state index in [-0.39, 0.29) is 0 Å². The topological polar surface area (TPSA) is 70.9 Å². The van der Waals surface area contributed by atoms with Crippen molar-refractivity contribution in [1.82, 2.24) is 25.1 Å². The number of nitrogens with zero attached hydrogens (tertiary/aromatic N) is 5. The highest BCUT2D eigenvalue weighted by Gasteiger charge is 2.22. The normalized spacial score (nSPS) is 17.9. The van der Waals surface area contributed by atoms with Crippen molar-refractivity contribution in [2.24, 2.45) is 5.92 Å². The minimum absolute atomic E-state index is 0.422. The summed E-state index contributed by atoms with van der Waals surface area (Å²) in [5, 5.41) is 13.2. The van der Waals surface area contributed by atoms with Gasteiger partial charge < -0.3 is 15.5 Å². The Morgan fingerprint density at radius 1 is 0.917 bits per heavy atom. The van der Waals surface area contributed by atoms with Crippen LogP contribution in [0.15, 0.2) is 54.6 Å². The maximum Gasteiger partial charge on any atom is 0.225 e. The molecule has 0 radical (unpaired) electrons. The smallest absolute Gasteiger partial charge is 0.225 e. The summed E-state index contributed by atoms with van der Waals surface area (Å²) < 4.78 is 2.06. The zero-order valence-corrected chi connectivity index (χ0v) is 21.8. The lowest BCUT2D eigenvalue weighted by Gasteiger charge is -2.29. The Labute approximate surface area is 214 Å². The van der Waals surface area contributed by atoms with Gasteiger partial charge in [-0.05, 0) is 76.3 Å². The Balaban J connectivity index is 1.14. The highest BCUT2D eigenvalue weighted by molar-refractivity contribution is 5.90. The average molecular weight is 484 g/mol. The summed E-state index contributed by atoms with van der Waals surface area (Å²) in [6.07, 6.45) is 4.70. The molecular weight excluding hydrogens is 446 g/mol. The van der Waals surface area contributed by atoms with E-state index in [0.29, 0.717) is 12.0 Å². The predicted molar refractivity (Wildman–Crippen MR) is 148 cm³/mol. The van der Waals surface area contributed by atoms with Crippen LogP contribution < -0.4 is 15.5 Å². The summed E-state index contributed by atoms with van der Waals surface area (Å²) in [4.78, 5) is 11.7. The first-order valence-electron chi connectivity index (χ1n) is 13.0. The van der Waals surface area contributed by atoms with Gasteiger partial charge in [0.05, 0.1) is 16.9 Å². The highest BCUT2D eigenvalue weighted by atomic mass is 15.3. The largest absolute Gasteiger partial charge is 0.362 e. The Kier molecular flexibility index (Phi) is 7.18. The first kappa shape index (κ1) is 24.3. The third-order valence-electron chi connectivity index (χ3n) is 7.36. The molecule has 7 heteroatoms. The van der Waals surface area contributed by atoms with Crippen LogP contribution in [0.25, 0.3) is 16.6 Å². The van der Waals surface area contributed by atoms with Crippen molar-refractivity contribution < 1.29 is 0 Å². The van der Waals surface area contributed by atoms with E-state index in [2.05, 4.69) is 70.5 Å². The van der Waals surface area contributed by atoms with E-state index in [1.54, 1.807) is 0 Å². The number of para-hydroxylation sites is 2. The molecule has 0 atom stereocenters. The molecule has 1 saturated carbocycles. The highest BCUT2D eigenvalue weighted by Crippen LogP contribution is 2.28. The molecule has 2 heterocycles. The number of benzene rings is 2. The van der Waals surface area contributed by atoms with E-state index in [4.69, 9.17) is 15.1 Å². The van der Waals surface area contributed by atoms with Crippen LogP contribution in [-0.2, 0) is 6.54 Å². The van der Waals surface area contributed by atoms with Crippen molar-refractivity contribution in [3.63, 3.8) is 0 Å². The molecule has 4 aromatic rings. The van der Waals surface area contributed by atoms with E-state index in [1.165, 1.54) is 24.1 Å². The van der Waals surface area contributed by atoms with Crippen LogP contribution >= 0.6 is 0 Å². The van der Waals surface area contributed by atoms with Crippen LogP contribution in [0, 0.1) is 19.8 Å². The fraction of sp³-hybridized carbons (Fsp3) is 0.414. The molecule has 2 aromatic carbocycles. The third kappa shape index (κ3) is 5.21. The quantitative estimate of drug-likeness (QED) is 0.356. The molecule has 36 heavy (non-hydrogen) atoms. The van der Waals surface area contributed by atoms with E-state index < -0.39 is 0 Å². The Morgan fingerprint density at radius 3 is 2.39 bits per heavy atom. The number of nitrogens with one attached hydrogen (secondary N) is 2. The Bertz CT molecular complexity index is 1300. The van der Waals surface area contributed by atoms with Gasteiger partial charge in [-0.25, -0.2) is 9.67 Å². The number of anilines is 2. The zero-order valence-electron chi connectivity index (χ0n) is 21.8. The third-order valence-corrected chi connectivity index (χ3v) is 7.36. The van der Waals surface area contributed by atoms with Gasteiger partial charge in [0.1, 0.15) is 5.82 Å². The fourth-order valence-electron chi connectivity index (χ4n) is 5.31. The summed E-state index contributed by atoms with van der Waals surface area (Å²) in [7, 11) is 4.07. The van der Waals surface area contributed by atoms with Crippen LogP contribution in [0.2, 0.25) is 0 Å². The van der Waals surface area contributed by atoms with Gasteiger partial charge >= 0.3 is 0 Å². The van der Waals surface area contributed by atoms with Crippen LogP contribution in [0.5, 0.6) is 0 Å².